The fraction of sp³-hybridized carbons (Fsp3) is 0.357. The third-order valence-corrected chi connectivity index (χ3v) is 3.55. The Hall–Kier alpha value is -1.09. The highest BCUT2D eigenvalue weighted by atomic mass is 79.9. The van der Waals surface area contributed by atoms with Crippen LogP contribution in [0, 0.1) is 5.92 Å². The van der Waals surface area contributed by atoms with E-state index in [4.69, 9.17) is 0 Å². The molecule has 17 heavy (non-hydrogen) atoms. The smallest absolute Gasteiger partial charge is 0.223 e. The van der Waals surface area contributed by atoms with Crippen LogP contribution in [-0.2, 0) is 11.3 Å². The number of halogens is 1. The molecule has 0 saturated carbocycles. The molecular weight excluding hydrogens is 278 g/mol. The average Bonchev–Trinajstić information content (AvgIpc) is 2.39. The maximum atomic E-state index is 11.9. The highest BCUT2D eigenvalue weighted by Crippen LogP contribution is 2.18. The minimum Gasteiger partial charge on any atom is -0.352 e. The van der Waals surface area contributed by atoms with Crippen LogP contribution in [0.15, 0.2) is 40.9 Å². The fourth-order valence-corrected chi connectivity index (χ4v) is 2.23. The third kappa shape index (κ3) is 3.70. The molecule has 2 rings (SSSR count). The van der Waals surface area contributed by atoms with Gasteiger partial charge in [0.05, 0.1) is 0 Å². The fourth-order valence-electron chi connectivity index (χ4n) is 1.97. The lowest BCUT2D eigenvalue weighted by atomic mass is 9.93. The van der Waals surface area contributed by atoms with Gasteiger partial charge in [0.2, 0.25) is 5.91 Å². The first-order chi connectivity index (χ1) is 8.25. The van der Waals surface area contributed by atoms with Crippen LogP contribution < -0.4 is 5.32 Å². The van der Waals surface area contributed by atoms with Gasteiger partial charge in [-0.05, 0) is 37.0 Å². The Bertz CT molecular complexity index is 411. The largest absolute Gasteiger partial charge is 0.352 e. The van der Waals surface area contributed by atoms with Crippen molar-refractivity contribution in [1.82, 2.24) is 5.32 Å². The molecule has 0 radical (unpaired) electrons. The number of rotatable bonds is 3. The Kier molecular flexibility index (Phi) is 4.37. The molecule has 1 N–H and O–H groups in total. The van der Waals surface area contributed by atoms with E-state index in [9.17, 15) is 4.79 Å². The Morgan fingerprint density at radius 3 is 2.71 bits per heavy atom. The quantitative estimate of drug-likeness (QED) is 0.850. The van der Waals surface area contributed by atoms with Crippen molar-refractivity contribution in [2.75, 3.05) is 0 Å². The van der Waals surface area contributed by atoms with E-state index in [-0.39, 0.29) is 11.8 Å². The van der Waals surface area contributed by atoms with Gasteiger partial charge in [0.25, 0.3) is 0 Å². The molecule has 2 nitrogen and oxygen atoms in total. The van der Waals surface area contributed by atoms with Crippen LogP contribution in [0.2, 0.25) is 0 Å². The molecule has 0 spiro atoms. The standard InChI is InChI=1S/C14H16BrNO/c15-13-8-6-11(7-9-13)10-16-14(17)12-4-2-1-3-5-12/h1-2,6-9,12H,3-5,10H2,(H,16,17). The second-order valence-corrected chi connectivity index (χ2v) is 5.24. The summed E-state index contributed by atoms with van der Waals surface area (Å²) in [4.78, 5) is 11.9. The second-order valence-electron chi connectivity index (χ2n) is 4.33. The van der Waals surface area contributed by atoms with Crippen LogP contribution in [0.5, 0.6) is 0 Å². The molecule has 1 unspecified atom stereocenters. The van der Waals surface area contributed by atoms with Crippen LogP contribution >= 0.6 is 15.9 Å². The van der Waals surface area contributed by atoms with E-state index in [1.807, 2.05) is 24.3 Å². The van der Waals surface area contributed by atoms with Gasteiger partial charge in [0, 0.05) is 16.9 Å². The monoisotopic (exact) mass is 293 g/mol. The first kappa shape index (κ1) is 12.4. The number of carbonyl (C=O) groups excluding carboxylic acids is 1. The first-order valence-electron chi connectivity index (χ1n) is 5.93. The summed E-state index contributed by atoms with van der Waals surface area (Å²) in [5.74, 6) is 0.340. The maximum Gasteiger partial charge on any atom is 0.223 e. The van der Waals surface area contributed by atoms with Gasteiger partial charge in [-0.15, -0.1) is 0 Å². The molecule has 90 valence electrons. The molecule has 3 heteroatoms. The van der Waals surface area contributed by atoms with E-state index in [2.05, 4.69) is 33.4 Å². The average molecular weight is 294 g/mol. The number of carbonyl (C=O) groups is 1. The molecule has 0 bridgehead atoms. The molecule has 0 saturated heterocycles. The van der Waals surface area contributed by atoms with Crippen molar-refractivity contribution < 1.29 is 4.79 Å². The van der Waals surface area contributed by atoms with Gasteiger partial charge in [-0.3, -0.25) is 4.79 Å². The van der Waals surface area contributed by atoms with Gasteiger partial charge in [0.1, 0.15) is 0 Å². The van der Waals surface area contributed by atoms with E-state index in [0.717, 1.165) is 29.3 Å². The molecule has 0 aliphatic heterocycles. The first-order valence-corrected chi connectivity index (χ1v) is 6.72. The number of amides is 1. The lowest BCUT2D eigenvalue weighted by Gasteiger charge is -2.17. The van der Waals surface area contributed by atoms with Gasteiger partial charge in [0.15, 0.2) is 0 Å². The SMILES string of the molecule is O=C(NCc1ccc(Br)cc1)C1CC=CCC1. The van der Waals surface area contributed by atoms with Crippen molar-refractivity contribution in [3.63, 3.8) is 0 Å². The molecule has 1 aliphatic carbocycles. The van der Waals surface area contributed by atoms with Gasteiger partial charge in [-0.25, -0.2) is 0 Å². The van der Waals surface area contributed by atoms with Crippen LogP contribution in [0.1, 0.15) is 24.8 Å². The Morgan fingerprint density at radius 1 is 1.29 bits per heavy atom. The van der Waals surface area contributed by atoms with Crippen molar-refractivity contribution in [2.24, 2.45) is 5.92 Å². The predicted molar refractivity (Wildman–Crippen MR) is 72.5 cm³/mol. The van der Waals surface area contributed by atoms with E-state index >= 15 is 0 Å². The topological polar surface area (TPSA) is 29.1 Å². The van der Waals surface area contributed by atoms with Crippen molar-refractivity contribution in [3.05, 3.63) is 46.5 Å². The van der Waals surface area contributed by atoms with Gasteiger partial charge >= 0.3 is 0 Å². The third-order valence-electron chi connectivity index (χ3n) is 3.02. The molecular formula is C14H16BrNO. The summed E-state index contributed by atoms with van der Waals surface area (Å²) in [5.41, 5.74) is 1.13. The number of hydrogen-bond acceptors (Lipinski definition) is 1. The zero-order chi connectivity index (χ0) is 12.1. The highest BCUT2D eigenvalue weighted by molar-refractivity contribution is 9.10. The summed E-state index contributed by atoms with van der Waals surface area (Å²) >= 11 is 3.39. The van der Waals surface area contributed by atoms with Crippen molar-refractivity contribution in [1.29, 1.82) is 0 Å². The van der Waals surface area contributed by atoms with Crippen molar-refractivity contribution >= 4 is 21.8 Å². The number of nitrogens with one attached hydrogen (secondary N) is 1. The van der Waals surface area contributed by atoms with Crippen LogP contribution in [0.3, 0.4) is 0 Å². The maximum absolute atomic E-state index is 11.9. The normalized spacial score (nSPS) is 19.0. The zero-order valence-electron chi connectivity index (χ0n) is 9.66. The second kappa shape index (κ2) is 6.01. The van der Waals surface area contributed by atoms with Gasteiger partial charge in [-0.1, -0.05) is 40.2 Å². The Balaban J connectivity index is 1.83. The van der Waals surface area contributed by atoms with E-state index < -0.39 is 0 Å². The summed E-state index contributed by atoms with van der Waals surface area (Å²) in [5, 5.41) is 3.00. The summed E-state index contributed by atoms with van der Waals surface area (Å²) in [6, 6.07) is 8.02. The Morgan fingerprint density at radius 2 is 2.06 bits per heavy atom. The molecule has 1 atom stereocenters. The molecule has 0 aromatic heterocycles. The van der Waals surface area contributed by atoms with Gasteiger partial charge < -0.3 is 5.32 Å². The summed E-state index contributed by atoms with van der Waals surface area (Å²) in [7, 11) is 0. The molecule has 1 aliphatic rings. The number of benzene rings is 1. The summed E-state index contributed by atoms with van der Waals surface area (Å²) in [6.45, 7) is 0.617. The van der Waals surface area contributed by atoms with Gasteiger partial charge in [-0.2, -0.15) is 0 Å². The summed E-state index contributed by atoms with van der Waals surface area (Å²) < 4.78 is 1.06. The molecule has 1 amide bonds. The van der Waals surface area contributed by atoms with E-state index in [1.54, 1.807) is 0 Å². The molecule has 1 aromatic carbocycles. The van der Waals surface area contributed by atoms with Crippen LogP contribution in [0.4, 0.5) is 0 Å². The van der Waals surface area contributed by atoms with Crippen molar-refractivity contribution in [3.8, 4) is 0 Å². The predicted octanol–water partition coefficient (Wildman–Crippen LogP) is 3.42. The highest BCUT2D eigenvalue weighted by Gasteiger charge is 2.17. The number of hydrogen-bond donors (Lipinski definition) is 1. The summed E-state index contributed by atoms with van der Waals surface area (Å²) in [6.07, 6.45) is 7.14. The van der Waals surface area contributed by atoms with Crippen LogP contribution in [0.25, 0.3) is 0 Å². The molecule has 0 fully saturated rings. The van der Waals surface area contributed by atoms with Crippen LogP contribution in [-0.4, -0.2) is 5.91 Å². The minimum absolute atomic E-state index is 0.162. The Labute approximate surface area is 110 Å². The zero-order valence-corrected chi connectivity index (χ0v) is 11.2. The minimum atomic E-state index is 0.162. The number of allylic oxidation sites excluding steroid dienone is 2. The van der Waals surface area contributed by atoms with E-state index in [1.165, 1.54) is 0 Å². The van der Waals surface area contributed by atoms with E-state index in [0.29, 0.717) is 6.54 Å². The lowest BCUT2D eigenvalue weighted by molar-refractivity contribution is -0.125. The molecule has 1 aromatic rings. The lowest BCUT2D eigenvalue weighted by Crippen LogP contribution is -2.30. The van der Waals surface area contributed by atoms with Crippen molar-refractivity contribution in [2.45, 2.75) is 25.8 Å². The molecule has 0 heterocycles.